The van der Waals surface area contributed by atoms with E-state index in [1.807, 2.05) is 0 Å². The van der Waals surface area contributed by atoms with E-state index in [1.54, 1.807) is 6.92 Å². The van der Waals surface area contributed by atoms with Crippen molar-refractivity contribution in [2.24, 2.45) is 17.8 Å². The van der Waals surface area contributed by atoms with Crippen molar-refractivity contribution in [1.29, 1.82) is 0 Å². The lowest BCUT2D eigenvalue weighted by molar-refractivity contribution is -0.163. The first-order chi connectivity index (χ1) is 9.60. The molecule has 0 aromatic carbocycles. The molecule has 0 aromatic heterocycles. The van der Waals surface area contributed by atoms with Crippen LogP contribution in [0.5, 0.6) is 0 Å². The highest BCUT2D eigenvalue weighted by molar-refractivity contribution is 5.79. The molecule has 3 aliphatic rings. The van der Waals surface area contributed by atoms with Gasteiger partial charge in [0.15, 0.2) is 0 Å². The molecule has 3 rings (SSSR count). The van der Waals surface area contributed by atoms with Crippen molar-refractivity contribution < 1.29 is 28.6 Å². The van der Waals surface area contributed by atoms with Crippen LogP contribution >= 0.6 is 0 Å². The number of carbonyl (C=O) groups excluding carboxylic acids is 3. The predicted octanol–water partition coefficient (Wildman–Crippen LogP) is 0.823. The van der Waals surface area contributed by atoms with Gasteiger partial charge in [-0.2, -0.15) is 0 Å². The Bertz CT molecular complexity index is 445. The summed E-state index contributed by atoms with van der Waals surface area (Å²) in [6.45, 7) is 2.02. The van der Waals surface area contributed by atoms with Crippen LogP contribution in [0, 0.1) is 17.8 Å². The molecule has 0 spiro atoms. The second-order valence-corrected chi connectivity index (χ2v) is 5.66. The Hall–Kier alpha value is -1.59. The predicted molar refractivity (Wildman–Crippen MR) is 65.3 cm³/mol. The molecule has 2 aliphatic carbocycles. The average Bonchev–Trinajstić information content (AvgIpc) is 3.01. The van der Waals surface area contributed by atoms with Crippen LogP contribution in [0.4, 0.5) is 0 Å². The van der Waals surface area contributed by atoms with Crippen LogP contribution in [0.25, 0.3) is 0 Å². The van der Waals surface area contributed by atoms with Crippen LogP contribution in [-0.2, 0) is 28.6 Å². The molecular formula is C14H18O6. The van der Waals surface area contributed by atoms with E-state index < -0.39 is 11.9 Å². The van der Waals surface area contributed by atoms with E-state index in [4.69, 9.17) is 14.2 Å². The molecule has 1 saturated heterocycles. The van der Waals surface area contributed by atoms with Gasteiger partial charge in [0, 0.05) is 11.8 Å². The number of esters is 3. The van der Waals surface area contributed by atoms with Gasteiger partial charge in [0.1, 0.15) is 12.2 Å². The van der Waals surface area contributed by atoms with Crippen LogP contribution in [0.15, 0.2) is 0 Å². The highest BCUT2D eigenvalue weighted by Gasteiger charge is 2.63. The normalized spacial score (nSPS) is 36.9. The summed E-state index contributed by atoms with van der Waals surface area (Å²) >= 11 is 0. The zero-order valence-corrected chi connectivity index (χ0v) is 11.4. The van der Waals surface area contributed by atoms with Crippen LogP contribution in [0.2, 0.25) is 0 Å². The summed E-state index contributed by atoms with van der Waals surface area (Å²) in [7, 11) is 0. The average molecular weight is 282 g/mol. The lowest BCUT2D eigenvalue weighted by atomic mass is 9.88. The van der Waals surface area contributed by atoms with E-state index in [0.717, 1.165) is 12.8 Å². The largest absolute Gasteiger partial charge is 0.466 e. The van der Waals surface area contributed by atoms with Gasteiger partial charge in [0.25, 0.3) is 0 Å². The standard InChI is InChI=1S/C14H18O6/c1-2-18-10(15)3-4-11(16)19-12-7-5-8-9(6-7)14(17)20-13(8)12/h7-9,12-13H,2-6H2,1H3. The molecule has 0 N–H and O–H groups in total. The monoisotopic (exact) mass is 282 g/mol. The number of carbonyl (C=O) groups is 3. The van der Waals surface area contributed by atoms with E-state index in [1.165, 1.54) is 0 Å². The second kappa shape index (κ2) is 5.07. The minimum absolute atomic E-state index is 0.0107. The lowest BCUT2D eigenvalue weighted by Crippen LogP contribution is -2.36. The number of fused-ring (bicyclic) bond motifs is 1. The fourth-order valence-corrected chi connectivity index (χ4v) is 3.71. The quantitative estimate of drug-likeness (QED) is 0.549. The fourth-order valence-electron chi connectivity index (χ4n) is 3.71. The molecular weight excluding hydrogens is 264 g/mol. The first kappa shape index (κ1) is 13.4. The Morgan fingerprint density at radius 2 is 2.00 bits per heavy atom. The molecule has 0 amide bonds. The minimum Gasteiger partial charge on any atom is -0.466 e. The number of hydrogen-bond acceptors (Lipinski definition) is 6. The van der Waals surface area contributed by atoms with Crippen molar-refractivity contribution in [3.63, 3.8) is 0 Å². The third-order valence-electron chi connectivity index (χ3n) is 4.52. The zero-order valence-electron chi connectivity index (χ0n) is 11.4. The number of ether oxygens (including phenoxy) is 3. The molecule has 0 aromatic rings. The molecule has 5 unspecified atom stereocenters. The van der Waals surface area contributed by atoms with E-state index in [0.29, 0.717) is 6.61 Å². The summed E-state index contributed by atoms with van der Waals surface area (Å²) in [5.74, 6) is -0.504. The summed E-state index contributed by atoms with van der Waals surface area (Å²) in [6.07, 6.45) is 1.11. The summed E-state index contributed by atoms with van der Waals surface area (Å²) in [5.41, 5.74) is 0. The van der Waals surface area contributed by atoms with Gasteiger partial charge in [0.2, 0.25) is 0 Å². The molecule has 20 heavy (non-hydrogen) atoms. The third kappa shape index (κ3) is 2.17. The number of rotatable bonds is 5. The Labute approximate surface area is 116 Å². The maximum atomic E-state index is 11.8. The van der Waals surface area contributed by atoms with Crippen molar-refractivity contribution in [2.45, 2.75) is 44.8 Å². The van der Waals surface area contributed by atoms with Crippen LogP contribution in [-0.4, -0.2) is 36.7 Å². The van der Waals surface area contributed by atoms with Crippen molar-refractivity contribution >= 4 is 17.9 Å². The van der Waals surface area contributed by atoms with Gasteiger partial charge in [-0.25, -0.2) is 0 Å². The Kier molecular flexibility index (Phi) is 3.40. The molecule has 2 saturated carbocycles. The molecule has 110 valence electrons. The minimum atomic E-state index is -0.421. The molecule has 5 atom stereocenters. The fraction of sp³-hybridized carbons (Fsp3) is 0.786. The Morgan fingerprint density at radius 3 is 2.75 bits per heavy atom. The Morgan fingerprint density at radius 1 is 1.25 bits per heavy atom. The van der Waals surface area contributed by atoms with E-state index in [2.05, 4.69) is 0 Å². The van der Waals surface area contributed by atoms with E-state index in [9.17, 15) is 14.4 Å². The summed E-state index contributed by atoms with van der Waals surface area (Å²) in [5, 5.41) is 0. The van der Waals surface area contributed by atoms with Crippen LogP contribution < -0.4 is 0 Å². The first-order valence-electron chi connectivity index (χ1n) is 7.15. The number of hydrogen-bond donors (Lipinski definition) is 0. The van der Waals surface area contributed by atoms with Gasteiger partial charge in [-0.1, -0.05) is 0 Å². The highest BCUT2D eigenvalue weighted by atomic mass is 16.6. The van der Waals surface area contributed by atoms with Crippen molar-refractivity contribution in [3.05, 3.63) is 0 Å². The highest BCUT2D eigenvalue weighted by Crippen LogP contribution is 2.55. The molecule has 3 fully saturated rings. The molecule has 1 heterocycles. The Balaban J connectivity index is 1.51. The van der Waals surface area contributed by atoms with Gasteiger partial charge in [0.05, 0.1) is 25.4 Å². The van der Waals surface area contributed by atoms with Gasteiger partial charge in [-0.15, -0.1) is 0 Å². The van der Waals surface area contributed by atoms with Gasteiger partial charge >= 0.3 is 17.9 Å². The molecule has 1 aliphatic heterocycles. The topological polar surface area (TPSA) is 78.9 Å². The zero-order chi connectivity index (χ0) is 14.3. The smallest absolute Gasteiger partial charge is 0.309 e. The third-order valence-corrected chi connectivity index (χ3v) is 4.52. The lowest BCUT2D eigenvalue weighted by Gasteiger charge is -2.25. The van der Waals surface area contributed by atoms with Gasteiger partial charge in [-0.05, 0) is 19.8 Å². The van der Waals surface area contributed by atoms with Gasteiger partial charge < -0.3 is 14.2 Å². The van der Waals surface area contributed by atoms with E-state index in [-0.39, 0.29) is 48.8 Å². The summed E-state index contributed by atoms with van der Waals surface area (Å²) < 4.78 is 15.5. The first-order valence-corrected chi connectivity index (χ1v) is 7.15. The van der Waals surface area contributed by atoms with Crippen molar-refractivity contribution in [1.82, 2.24) is 0 Å². The molecule has 2 bridgehead atoms. The maximum absolute atomic E-state index is 11.8. The van der Waals surface area contributed by atoms with Crippen molar-refractivity contribution in [2.75, 3.05) is 6.61 Å². The van der Waals surface area contributed by atoms with Crippen LogP contribution in [0.3, 0.4) is 0 Å². The second-order valence-electron chi connectivity index (χ2n) is 5.66. The summed E-state index contributed by atoms with van der Waals surface area (Å²) in [6, 6.07) is 0. The molecule has 0 radical (unpaired) electrons. The van der Waals surface area contributed by atoms with E-state index >= 15 is 0 Å². The van der Waals surface area contributed by atoms with Crippen LogP contribution in [0.1, 0.15) is 32.6 Å². The van der Waals surface area contributed by atoms with Gasteiger partial charge in [-0.3, -0.25) is 14.4 Å². The SMILES string of the molecule is CCOC(=O)CCC(=O)OC1C2CC3C(=O)OC1C3C2. The maximum Gasteiger partial charge on any atom is 0.309 e. The molecule has 6 nitrogen and oxygen atoms in total. The molecule has 6 heteroatoms. The van der Waals surface area contributed by atoms with Crippen molar-refractivity contribution in [3.8, 4) is 0 Å². The summed E-state index contributed by atoms with van der Waals surface area (Å²) in [4.78, 5) is 34.5.